The average Bonchev–Trinajstić information content (AvgIpc) is 2.67. The number of allylic oxidation sites excluding steroid dienone is 2. The molecule has 0 radical (unpaired) electrons. The van der Waals surface area contributed by atoms with Crippen LogP contribution in [0, 0.1) is 11.3 Å². The maximum atomic E-state index is 11.5. The van der Waals surface area contributed by atoms with E-state index in [9.17, 15) is 4.79 Å². The van der Waals surface area contributed by atoms with Crippen LogP contribution >= 0.6 is 23.1 Å². The van der Waals surface area contributed by atoms with Crippen LogP contribution in [0.15, 0.2) is 21.1 Å². The number of nitrogens with two attached hydrogens (primary N) is 1. The Morgan fingerprint density at radius 1 is 1.80 bits per heavy atom. The molecule has 1 rings (SSSR count). The lowest BCUT2D eigenvalue weighted by Crippen LogP contribution is -2.10. The minimum absolute atomic E-state index is 0.0204. The molecule has 0 aliphatic rings. The van der Waals surface area contributed by atoms with E-state index >= 15 is 0 Å². The molecule has 0 unspecified atom stereocenters. The lowest BCUT2D eigenvalue weighted by atomic mass is 10.2. The lowest BCUT2D eigenvalue weighted by Gasteiger charge is -1.98. The highest BCUT2D eigenvalue weighted by Gasteiger charge is 2.12. The summed E-state index contributed by atoms with van der Waals surface area (Å²) in [6.45, 7) is 1.53. The molecule has 1 aromatic rings. The van der Waals surface area contributed by atoms with Crippen molar-refractivity contribution >= 4 is 28.9 Å². The third-order valence-corrected chi connectivity index (χ3v) is 3.31. The Bertz CT molecular complexity index is 414. The topological polar surface area (TPSA) is 92.7 Å². The molecule has 0 atom stereocenters. The number of nitrogens with zero attached hydrogens (tertiary/aromatic N) is 3. The number of carbonyl (C=O) groups is 1. The molecule has 0 saturated carbocycles. The van der Waals surface area contributed by atoms with E-state index in [1.54, 1.807) is 11.6 Å². The summed E-state index contributed by atoms with van der Waals surface area (Å²) < 4.78 is 0.704. The molecule has 7 heteroatoms. The minimum atomic E-state index is -0.280. The first-order valence-corrected chi connectivity index (χ1v) is 5.80. The van der Waals surface area contributed by atoms with Crippen molar-refractivity contribution in [1.29, 1.82) is 5.26 Å². The van der Waals surface area contributed by atoms with Gasteiger partial charge in [-0.2, -0.15) is 5.26 Å². The zero-order valence-corrected chi connectivity index (χ0v) is 9.56. The van der Waals surface area contributed by atoms with Crippen LogP contribution in [-0.4, -0.2) is 21.7 Å². The second-order valence-electron chi connectivity index (χ2n) is 2.59. The van der Waals surface area contributed by atoms with Crippen molar-refractivity contribution < 1.29 is 4.79 Å². The molecule has 5 nitrogen and oxygen atoms in total. The van der Waals surface area contributed by atoms with Crippen molar-refractivity contribution in [3.8, 4) is 6.07 Å². The molecule has 0 bridgehead atoms. The lowest BCUT2D eigenvalue weighted by molar-refractivity contribution is -0.112. The first-order chi connectivity index (χ1) is 7.15. The van der Waals surface area contributed by atoms with Gasteiger partial charge in [0.1, 0.15) is 17.2 Å². The van der Waals surface area contributed by atoms with E-state index in [0.29, 0.717) is 4.34 Å². The molecule has 0 amide bonds. The van der Waals surface area contributed by atoms with Crippen LogP contribution in [0.3, 0.4) is 0 Å². The number of nitriles is 1. The van der Waals surface area contributed by atoms with Gasteiger partial charge < -0.3 is 5.73 Å². The van der Waals surface area contributed by atoms with Gasteiger partial charge >= 0.3 is 0 Å². The van der Waals surface area contributed by atoms with Gasteiger partial charge in [-0.3, -0.25) is 4.79 Å². The molecule has 0 fully saturated rings. The summed E-state index contributed by atoms with van der Waals surface area (Å²) >= 11 is 2.60. The van der Waals surface area contributed by atoms with Crippen LogP contribution in [0.2, 0.25) is 0 Å². The monoisotopic (exact) mass is 240 g/mol. The fourth-order valence-electron chi connectivity index (χ4n) is 0.796. The van der Waals surface area contributed by atoms with Gasteiger partial charge in [0.2, 0.25) is 0 Å². The number of thioether (sulfide) groups is 1. The molecule has 0 aromatic carbocycles. The normalized spacial score (nSPS) is 11.7. The molecular formula is C8H8N4OS2. The Morgan fingerprint density at radius 3 is 3.00 bits per heavy atom. The highest BCUT2D eigenvalue weighted by atomic mass is 32.2. The maximum absolute atomic E-state index is 11.5. The van der Waals surface area contributed by atoms with Crippen LogP contribution in [0.1, 0.15) is 6.92 Å². The molecule has 1 aromatic heterocycles. The Hall–Kier alpha value is -1.39. The van der Waals surface area contributed by atoms with Gasteiger partial charge in [-0.25, -0.2) is 0 Å². The molecule has 0 aliphatic heterocycles. The van der Waals surface area contributed by atoms with Crippen LogP contribution in [0.25, 0.3) is 0 Å². The number of hydrogen-bond donors (Lipinski definition) is 1. The Kier molecular flexibility index (Phi) is 4.27. The van der Waals surface area contributed by atoms with Crippen LogP contribution in [0.4, 0.5) is 0 Å². The summed E-state index contributed by atoms with van der Waals surface area (Å²) in [4.78, 5) is 11.5. The number of hydrogen-bond acceptors (Lipinski definition) is 7. The predicted octanol–water partition coefficient (Wildman–Crippen LogP) is 0.956. The van der Waals surface area contributed by atoms with Gasteiger partial charge in [-0.15, -0.1) is 10.2 Å². The molecule has 1 heterocycles. The van der Waals surface area contributed by atoms with Gasteiger partial charge in [-0.05, 0) is 6.92 Å². The summed E-state index contributed by atoms with van der Waals surface area (Å²) in [5.74, 6) is -0.121. The second-order valence-corrected chi connectivity index (χ2v) is 4.64. The third kappa shape index (κ3) is 3.34. The second kappa shape index (κ2) is 5.48. The average molecular weight is 240 g/mol. The van der Waals surface area contributed by atoms with E-state index in [-0.39, 0.29) is 22.8 Å². The Morgan fingerprint density at radius 2 is 2.53 bits per heavy atom. The number of aromatic nitrogens is 2. The van der Waals surface area contributed by atoms with Crippen LogP contribution in [-0.2, 0) is 4.79 Å². The van der Waals surface area contributed by atoms with Crippen molar-refractivity contribution in [3.63, 3.8) is 0 Å². The molecule has 0 spiro atoms. The molecule has 0 aliphatic carbocycles. The Labute approximate surface area is 95.0 Å². The van der Waals surface area contributed by atoms with Crippen molar-refractivity contribution in [1.82, 2.24) is 10.2 Å². The number of rotatable bonds is 4. The summed E-state index contributed by atoms with van der Waals surface area (Å²) in [6, 6.07) is 1.79. The van der Waals surface area contributed by atoms with Crippen molar-refractivity contribution in [3.05, 3.63) is 16.8 Å². The first kappa shape index (κ1) is 11.7. The van der Waals surface area contributed by atoms with Gasteiger partial charge in [-0.1, -0.05) is 23.1 Å². The number of carbonyl (C=O) groups excluding carboxylic acids is 1. The predicted molar refractivity (Wildman–Crippen MR) is 58.1 cm³/mol. The summed E-state index contributed by atoms with van der Waals surface area (Å²) in [7, 11) is 0. The van der Waals surface area contributed by atoms with Crippen molar-refractivity contribution in [2.24, 2.45) is 5.73 Å². The smallest absolute Gasteiger partial charge is 0.185 e. The molecule has 78 valence electrons. The van der Waals surface area contributed by atoms with Gasteiger partial charge in [0.05, 0.1) is 5.75 Å². The summed E-state index contributed by atoms with van der Waals surface area (Å²) in [5.41, 5.74) is 7.25. The molecule has 0 saturated heterocycles. The summed E-state index contributed by atoms with van der Waals surface area (Å²) in [6.07, 6.45) is 0. The SMILES string of the molecule is C/C(N)=C(\C#N)C(=O)CSc1nncs1. The standard InChI is InChI=1S/C8H8N4OS2/c1-5(10)6(2-9)7(13)3-14-8-12-11-4-15-8/h4H,3,10H2,1H3/b6-5-. The third-order valence-electron chi connectivity index (χ3n) is 1.45. The quantitative estimate of drug-likeness (QED) is 0.478. The fraction of sp³-hybridized carbons (Fsp3) is 0.250. The zero-order chi connectivity index (χ0) is 11.3. The largest absolute Gasteiger partial charge is 0.401 e. The highest BCUT2D eigenvalue weighted by Crippen LogP contribution is 2.19. The molecular weight excluding hydrogens is 232 g/mol. The fourth-order valence-corrected chi connectivity index (χ4v) is 2.16. The van der Waals surface area contributed by atoms with Crippen molar-refractivity contribution in [2.45, 2.75) is 11.3 Å². The number of Topliss-reactive ketones (excluding diaryl/α,β-unsaturated/α-hetero) is 1. The first-order valence-electron chi connectivity index (χ1n) is 3.93. The molecule has 15 heavy (non-hydrogen) atoms. The van der Waals surface area contributed by atoms with E-state index in [4.69, 9.17) is 11.0 Å². The highest BCUT2D eigenvalue weighted by molar-refractivity contribution is 8.01. The minimum Gasteiger partial charge on any atom is -0.401 e. The summed E-state index contributed by atoms with van der Waals surface area (Å²) in [5, 5.41) is 16.1. The van der Waals surface area contributed by atoms with Gasteiger partial charge in [0, 0.05) is 5.70 Å². The number of ketones is 1. The van der Waals surface area contributed by atoms with Crippen LogP contribution in [0.5, 0.6) is 0 Å². The van der Waals surface area contributed by atoms with Crippen molar-refractivity contribution in [2.75, 3.05) is 5.75 Å². The van der Waals surface area contributed by atoms with E-state index < -0.39 is 0 Å². The van der Waals surface area contributed by atoms with E-state index in [0.717, 1.165) is 0 Å². The van der Waals surface area contributed by atoms with E-state index in [2.05, 4.69) is 10.2 Å². The maximum Gasteiger partial charge on any atom is 0.185 e. The van der Waals surface area contributed by atoms with E-state index in [1.165, 1.54) is 30.0 Å². The Balaban J connectivity index is 2.58. The molecule has 2 N–H and O–H groups in total. The van der Waals surface area contributed by atoms with Gasteiger partial charge in [0.15, 0.2) is 10.1 Å². The van der Waals surface area contributed by atoms with Gasteiger partial charge in [0.25, 0.3) is 0 Å². The zero-order valence-electron chi connectivity index (χ0n) is 7.93. The van der Waals surface area contributed by atoms with Crippen LogP contribution < -0.4 is 5.73 Å². The van der Waals surface area contributed by atoms with E-state index in [1.807, 2.05) is 0 Å².